The summed E-state index contributed by atoms with van der Waals surface area (Å²) in [5, 5.41) is 16.2. The summed E-state index contributed by atoms with van der Waals surface area (Å²) in [5.41, 5.74) is 0.545. The smallest absolute Gasteiger partial charge is 0.292 e. The van der Waals surface area contributed by atoms with Gasteiger partial charge in [0.2, 0.25) is 0 Å². The van der Waals surface area contributed by atoms with Crippen molar-refractivity contribution in [2.24, 2.45) is 0 Å². The molecule has 0 aliphatic heterocycles. The summed E-state index contributed by atoms with van der Waals surface area (Å²) in [4.78, 5) is 21.8. The second kappa shape index (κ2) is 6.15. The van der Waals surface area contributed by atoms with Crippen LogP contribution in [-0.4, -0.2) is 24.4 Å². The monoisotopic (exact) mass is 313 g/mol. The van der Waals surface area contributed by atoms with Gasteiger partial charge in [0.05, 0.1) is 4.92 Å². The van der Waals surface area contributed by atoms with E-state index < -0.39 is 4.92 Å². The zero-order valence-electron chi connectivity index (χ0n) is 9.70. The number of amides is 1. The van der Waals surface area contributed by atoms with E-state index in [1.807, 2.05) is 0 Å². The highest BCUT2D eigenvalue weighted by Crippen LogP contribution is 2.25. The zero-order valence-corrected chi connectivity index (χ0v) is 11.3. The summed E-state index contributed by atoms with van der Waals surface area (Å²) in [6, 6.07) is 4.14. The van der Waals surface area contributed by atoms with Gasteiger partial charge in [-0.1, -0.05) is 22.5 Å². The molecule has 0 saturated heterocycles. The molecule has 0 fully saturated rings. The van der Waals surface area contributed by atoms with Crippen LogP contribution in [0.5, 0.6) is 0 Å². The Balaban J connectivity index is 3.11. The van der Waals surface area contributed by atoms with Gasteiger partial charge >= 0.3 is 0 Å². The van der Waals surface area contributed by atoms with Crippen molar-refractivity contribution in [1.82, 2.24) is 5.32 Å². The highest BCUT2D eigenvalue weighted by atomic mass is 79.9. The lowest BCUT2D eigenvalue weighted by atomic mass is 10.1. The van der Waals surface area contributed by atoms with E-state index in [0.29, 0.717) is 16.6 Å². The van der Waals surface area contributed by atoms with Gasteiger partial charge in [-0.25, -0.2) is 0 Å². The summed E-state index contributed by atoms with van der Waals surface area (Å²) >= 11 is 3.15. The summed E-state index contributed by atoms with van der Waals surface area (Å²) < 4.78 is 0.655. The van der Waals surface area contributed by atoms with Crippen LogP contribution in [0, 0.1) is 10.1 Å². The number of carbonyl (C=O) groups excluding carboxylic acids is 1. The van der Waals surface area contributed by atoms with Crippen molar-refractivity contribution in [2.45, 2.75) is 0 Å². The molecule has 0 radical (unpaired) electrons. The molecule has 2 N–H and O–H groups in total. The number of carbonyl (C=O) groups is 1. The van der Waals surface area contributed by atoms with Gasteiger partial charge in [0.25, 0.3) is 11.6 Å². The van der Waals surface area contributed by atoms with Gasteiger partial charge < -0.3 is 10.6 Å². The molecule has 0 aromatic heterocycles. The Labute approximate surface area is 112 Å². The first kappa shape index (κ1) is 14.2. The van der Waals surface area contributed by atoms with Crippen molar-refractivity contribution >= 4 is 33.2 Å². The lowest BCUT2D eigenvalue weighted by Gasteiger charge is -2.08. The molecule has 1 aromatic carbocycles. The van der Waals surface area contributed by atoms with Gasteiger partial charge in [-0.3, -0.25) is 14.9 Å². The fourth-order valence-electron chi connectivity index (χ4n) is 1.31. The van der Waals surface area contributed by atoms with Gasteiger partial charge in [0.15, 0.2) is 0 Å². The summed E-state index contributed by atoms with van der Waals surface area (Å²) in [5.74, 6) is -0.300. The Kier molecular flexibility index (Phi) is 4.85. The lowest BCUT2D eigenvalue weighted by Crippen LogP contribution is -2.18. The largest absolute Gasteiger partial charge is 0.375 e. The molecule has 0 bridgehead atoms. The third-order valence-corrected chi connectivity index (χ3v) is 2.43. The van der Waals surface area contributed by atoms with Gasteiger partial charge in [-0.2, -0.15) is 0 Å². The molecule has 7 heteroatoms. The maximum absolute atomic E-state index is 11.4. The van der Waals surface area contributed by atoms with E-state index in [1.54, 1.807) is 0 Å². The molecule has 0 aliphatic carbocycles. The molecule has 18 heavy (non-hydrogen) atoms. The number of rotatable bonds is 5. The number of anilines is 1. The van der Waals surface area contributed by atoms with Crippen LogP contribution in [0.3, 0.4) is 0 Å². The third-order valence-electron chi connectivity index (χ3n) is 2.15. The number of nitro benzene ring substituents is 1. The second-order valence-corrected chi connectivity index (χ2v) is 4.56. The molecular weight excluding hydrogens is 302 g/mol. The number of hydrogen-bond donors (Lipinski definition) is 2. The van der Waals surface area contributed by atoms with Crippen LogP contribution in [0.25, 0.3) is 0 Å². The van der Waals surface area contributed by atoms with Crippen LogP contribution in [0.2, 0.25) is 0 Å². The Hall–Kier alpha value is -1.89. The van der Waals surface area contributed by atoms with E-state index in [2.05, 4.69) is 33.1 Å². The first-order valence-corrected chi connectivity index (χ1v) is 5.82. The van der Waals surface area contributed by atoms with E-state index in [4.69, 9.17) is 0 Å². The first-order valence-electron chi connectivity index (χ1n) is 5.03. The molecule has 1 amide bonds. The zero-order chi connectivity index (χ0) is 13.7. The van der Waals surface area contributed by atoms with Gasteiger partial charge in [-0.15, -0.1) is 0 Å². The third kappa shape index (κ3) is 3.56. The summed E-state index contributed by atoms with van der Waals surface area (Å²) in [7, 11) is 1.50. The molecule has 96 valence electrons. The molecule has 0 aliphatic rings. The average Bonchev–Trinajstić information content (AvgIpc) is 2.34. The number of nitrogens with one attached hydrogen (secondary N) is 2. The average molecular weight is 314 g/mol. The maximum Gasteiger partial charge on any atom is 0.292 e. The van der Waals surface area contributed by atoms with Crippen molar-refractivity contribution < 1.29 is 9.72 Å². The van der Waals surface area contributed by atoms with Crippen molar-refractivity contribution in [2.75, 3.05) is 18.9 Å². The van der Waals surface area contributed by atoms with Crippen molar-refractivity contribution in [3.63, 3.8) is 0 Å². The van der Waals surface area contributed by atoms with E-state index in [1.165, 1.54) is 25.2 Å². The topological polar surface area (TPSA) is 84.3 Å². The van der Waals surface area contributed by atoms with Crippen LogP contribution >= 0.6 is 15.9 Å². The summed E-state index contributed by atoms with van der Waals surface area (Å²) in [6.07, 6.45) is 0. The van der Waals surface area contributed by atoms with Crippen LogP contribution in [0.15, 0.2) is 29.3 Å². The standard InChI is InChI=1S/C11H12BrN3O3/c1-7(12)6-14-9-5-8(11(16)13-2)3-4-10(9)15(17)18/h3-5,14H,1,6H2,2H3,(H,13,16). The predicted octanol–water partition coefficient (Wildman–Crippen LogP) is 2.27. The second-order valence-electron chi connectivity index (χ2n) is 3.44. The number of benzene rings is 1. The predicted molar refractivity (Wildman–Crippen MR) is 73.0 cm³/mol. The van der Waals surface area contributed by atoms with E-state index in [0.717, 1.165) is 0 Å². The minimum absolute atomic E-state index is 0.0867. The molecule has 0 unspecified atom stereocenters. The van der Waals surface area contributed by atoms with Crippen LogP contribution in [-0.2, 0) is 0 Å². The fourth-order valence-corrected chi connectivity index (χ4v) is 1.45. The number of nitrogens with zero attached hydrogens (tertiary/aromatic N) is 1. The molecule has 0 heterocycles. The highest BCUT2D eigenvalue weighted by Gasteiger charge is 2.16. The van der Waals surface area contributed by atoms with E-state index in [-0.39, 0.29) is 17.3 Å². The molecule has 1 aromatic rings. The van der Waals surface area contributed by atoms with E-state index in [9.17, 15) is 14.9 Å². The Morgan fingerprint density at radius 1 is 1.56 bits per heavy atom. The normalized spacial score (nSPS) is 9.67. The van der Waals surface area contributed by atoms with Crippen molar-refractivity contribution in [1.29, 1.82) is 0 Å². The lowest BCUT2D eigenvalue weighted by molar-refractivity contribution is -0.384. The van der Waals surface area contributed by atoms with E-state index >= 15 is 0 Å². The van der Waals surface area contributed by atoms with Crippen LogP contribution < -0.4 is 10.6 Å². The van der Waals surface area contributed by atoms with Crippen molar-refractivity contribution in [3.8, 4) is 0 Å². The Bertz CT molecular complexity index is 502. The molecule has 0 spiro atoms. The molecule has 0 saturated carbocycles. The number of nitro groups is 1. The minimum atomic E-state index is -0.507. The number of hydrogen-bond acceptors (Lipinski definition) is 4. The minimum Gasteiger partial charge on any atom is -0.375 e. The van der Waals surface area contributed by atoms with Gasteiger partial charge in [0.1, 0.15) is 5.69 Å². The molecule has 6 nitrogen and oxygen atoms in total. The fraction of sp³-hybridized carbons (Fsp3) is 0.182. The quantitative estimate of drug-likeness (QED) is 0.645. The van der Waals surface area contributed by atoms with Gasteiger partial charge in [-0.05, 0) is 12.1 Å². The number of halogens is 1. The summed E-state index contributed by atoms with van der Waals surface area (Å²) in [6.45, 7) is 3.95. The van der Waals surface area contributed by atoms with Crippen LogP contribution in [0.4, 0.5) is 11.4 Å². The molecular formula is C11H12BrN3O3. The highest BCUT2D eigenvalue weighted by molar-refractivity contribution is 9.11. The first-order chi connectivity index (χ1) is 8.45. The van der Waals surface area contributed by atoms with Crippen molar-refractivity contribution in [3.05, 3.63) is 44.9 Å². The Morgan fingerprint density at radius 3 is 2.72 bits per heavy atom. The molecule has 0 atom stereocenters. The maximum atomic E-state index is 11.4. The van der Waals surface area contributed by atoms with Crippen LogP contribution in [0.1, 0.15) is 10.4 Å². The van der Waals surface area contributed by atoms with Gasteiger partial charge in [0, 0.05) is 29.7 Å². The Morgan fingerprint density at radius 2 is 2.22 bits per heavy atom. The molecule has 1 rings (SSSR count). The SMILES string of the molecule is C=C(Br)CNc1cc(C(=O)NC)ccc1[N+](=O)[O-].